The number of nitrogens with one attached hydrogen (secondary N) is 2. The zero-order valence-corrected chi connectivity index (χ0v) is 15.0. The molecule has 1 atom stereocenters. The molecule has 0 saturated heterocycles. The summed E-state index contributed by atoms with van der Waals surface area (Å²) in [5, 5.41) is 12.3. The molecule has 2 heterocycles. The van der Waals surface area contributed by atoms with Crippen molar-refractivity contribution in [2.45, 2.75) is 34.1 Å². The van der Waals surface area contributed by atoms with E-state index >= 15 is 0 Å². The molecule has 0 bridgehead atoms. The van der Waals surface area contributed by atoms with E-state index in [1.54, 1.807) is 32.2 Å². The van der Waals surface area contributed by atoms with Crippen molar-refractivity contribution in [3.05, 3.63) is 39.9 Å². The van der Waals surface area contributed by atoms with Crippen LogP contribution in [0, 0.1) is 25.7 Å². The summed E-state index contributed by atoms with van der Waals surface area (Å²) in [6, 6.07) is 3.54. The lowest BCUT2D eigenvalue weighted by Gasteiger charge is -2.15. The highest BCUT2D eigenvalue weighted by Crippen LogP contribution is 2.17. The number of pyridine rings is 1. The Kier molecular flexibility index (Phi) is 5.90. The SMILES string of the molecule is Cc1nc(-c2ccc(NCC(CC(C)C)C(=O)O)nc2)[nH]c(=O)c1C. The number of rotatable bonds is 7. The summed E-state index contributed by atoms with van der Waals surface area (Å²) in [7, 11) is 0. The van der Waals surface area contributed by atoms with Crippen LogP contribution in [0.3, 0.4) is 0 Å². The lowest BCUT2D eigenvalue weighted by Crippen LogP contribution is -2.24. The average Bonchev–Trinajstić information content (AvgIpc) is 2.56. The van der Waals surface area contributed by atoms with Crippen molar-refractivity contribution in [3.63, 3.8) is 0 Å². The van der Waals surface area contributed by atoms with Gasteiger partial charge in [-0.1, -0.05) is 13.8 Å². The smallest absolute Gasteiger partial charge is 0.308 e. The van der Waals surface area contributed by atoms with Gasteiger partial charge in [-0.25, -0.2) is 9.97 Å². The summed E-state index contributed by atoms with van der Waals surface area (Å²) in [6.45, 7) is 7.84. The van der Waals surface area contributed by atoms with Gasteiger partial charge in [0.15, 0.2) is 0 Å². The van der Waals surface area contributed by atoms with Crippen LogP contribution in [0.5, 0.6) is 0 Å². The van der Waals surface area contributed by atoms with E-state index in [1.807, 2.05) is 13.8 Å². The van der Waals surface area contributed by atoms with Crippen LogP contribution in [0.4, 0.5) is 5.82 Å². The molecule has 0 aliphatic heterocycles. The minimum absolute atomic E-state index is 0.164. The van der Waals surface area contributed by atoms with E-state index < -0.39 is 11.9 Å². The Hall–Kier alpha value is -2.70. The fourth-order valence-electron chi connectivity index (χ4n) is 2.49. The van der Waals surface area contributed by atoms with Gasteiger partial charge in [0.1, 0.15) is 11.6 Å². The number of hydrogen-bond donors (Lipinski definition) is 3. The maximum atomic E-state index is 11.8. The minimum atomic E-state index is -0.810. The molecule has 0 saturated carbocycles. The highest BCUT2D eigenvalue weighted by atomic mass is 16.4. The zero-order chi connectivity index (χ0) is 18.6. The fourth-order valence-corrected chi connectivity index (χ4v) is 2.49. The van der Waals surface area contributed by atoms with E-state index in [-0.39, 0.29) is 5.56 Å². The third-order valence-corrected chi connectivity index (χ3v) is 4.07. The number of carboxylic acids is 1. The second kappa shape index (κ2) is 7.92. The van der Waals surface area contributed by atoms with E-state index in [9.17, 15) is 14.7 Å². The molecule has 0 fully saturated rings. The van der Waals surface area contributed by atoms with Crippen LogP contribution in [0.1, 0.15) is 31.5 Å². The third-order valence-electron chi connectivity index (χ3n) is 4.07. The van der Waals surface area contributed by atoms with Crippen molar-refractivity contribution < 1.29 is 9.90 Å². The van der Waals surface area contributed by atoms with Gasteiger partial charge in [0.25, 0.3) is 5.56 Å². The quantitative estimate of drug-likeness (QED) is 0.712. The van der Waals surface area contributed by atoms with Gasteiger partial charge < -0.3 is 15.4 Å². The number of H-pyrrole nitrogens is 1. The van der Waals surface area contributed by atoms with Crippen LogP contribution in [0.2, 0.25) is 0 Å². The molecule has 2 rings (SSSR count). The van der Waals surface area contributed by atoms with Gasteiger partial charge in [-0.05, 0) is 38.3 Å². The Bertz CT molecular complexity index is 797. The molecule has 134 valence electrons. The summed E-state index contributed by atoms with van der Waals surface area (Å²) >= 11 is 0. The molecule has 2 aromatic heterocycles. The lowest BCUT2D eigenvalue weighted by atomic mass is 9.97. The third kappa shape index (κ3) is 4.89. The lowest BCUT2D eigenvalue weighted by molar-refractivity contribution is -0.141. The molecule has 1 unspecified atom stereocenters. The number of carboxylic acid groups (broad SMARTS) is 1. The summed E-state index contributed by atoms with van der Waals surface area (Å²) in [5.41, 5.74) is 1.81. The van der Waals surface area contributed by atoms with E-state index in [0.29, 0.717) is 47.3 Å². The number of aryl methyl sites for hydroxylation is 1. The number of hydrogen-bond acceptors (Lipinski definition) is 5. The zero-order valence-electron chi connectivity index (χ0n) is 15.0. The Morgan fingerprint density at radius 3 is 2.56 bits per heavy atom. The minimum Gasteiger partial charge on any atom is -0.481 e. The van der Waals surface area contributed by atoms with E-state index in [1.165, 1.54) is 0 Å². The van der Waals surface area contributed by atoms with E-state index in [2.05, 4.69) is 20.3 Å². The van der Waals surface area contributed by atoms with Crippen molar-refractivity contribution >= 4 is 11.8 Å². The summed E-state index contributed by atoms with van der Waals surface area (Å²) < 4.78 is 0. The predicted octanol–water partition coefficient (Wildman–Crippen LogP) is 2.61. The molecule has 7 nitrogen and oxygen atoms in total. The predicted molar refractivity (Wildman–Crippen MR) is 96.6 cm³/mol. The molecule has 0 spiro atoms. The average molecular weight is 344 g/mol. The highest BCUT2D eigenvalue weighted by Gasteiger charge is 2.18. The normalized spacial score (nSPS) is 12.2. The molecule has 7 heteroatoms. The largest absolute Gasteiger partial charge is 0.481 e. The molecule has 0 amide bonds. The molecule has 0 aromatic carbocycles. The fraction of sp³-hybridized carbons (Fsp3) is 0.444. The van der Waals surface area contributed by atoms with Crippen molar-refractivity contribution in [3.8, 4) is 11.4 Å². The topological polar surface area (TPSA) is 108 Å². The van der Waals surface area contributed by atoms with Crippen LogP contribution < -0.4 is 10.9 Å². The van der Waals surface area contributed by atoms with Crippen molar-refractivity contribution in [1.82, 2.24) is 15.0 Å². The second-order valence-electron chi connectivity index (χ2n) is 6.60. The van der Waals surface area contributed by atoms with E-state index in [4.69, 9.17) is 0 Å². The van der Waals surface area contributed by atoms with Crippen LogP contribution >= 0.6 is 0 Å². The van der Waals surface area contributed by atoms with Gasteiger partial charge in [0.2, 0.25) is 0 Å². The number of aromatic nitrogens is 3. The maximum absolute atomic E-state index is 11.8. The van der Waals surface area contributed by atoms with Gasteiger partial charge >= 0.3 is 5.97 Å². The van der Waals surface area contributed by atoms with Crippen LogP contribution in [-0.4, -0.2) is 32.6 Å². The Morgan fingerprint density at radius 1 is 1.32 bits per heavy atom. The van der Waals surface area contributed by atoms with E-state index in [0.717, 1.165) is 0 Å². The number of aliphatic carboxylic acids is 1. The summed E-state index contributed by atoms with van der Waals surface area (Å²) in [6.07, 6.45) is 2.21. The first-order chi connectivity index (χ1) is 11.8. The Balaban J connectivity index is 2.09. The van der Waals surface area contributed by atoms with Crippen LogP contribution in [0.25, 0.3) is 11.4 Å². The number of carbonyl (C=O) groups is 1. The number of nitrogens with zero attached hydrogens (tertiary/aromatic N) is 2. The molecule has 3 N–H and O–H groups in total. The molecule has 2 aromatic rings. The number of aromatic amines is 1. The molecule has 0 radical (unpaired) electrons. The van der Waals surface area contributed by atoms with Crippen molar-refractivity contribution in [2.24, 2.45) is 11.8 Å². The summed E-state index contributed by atoms with van der Waals surface area (Å²) in [4.78, 5) is 34.5. The van der Waals surface area contributed by atoms with Gasteiger partial charge in [-0.15, -0.1) is 0 Å². The second-order valence-corrected chi connectivity index (χ2v) is 6.60. The Labute approximate surface area is 146 Å². The molecular formula is C18H24N4O3. The monoisotopic (exact) mass is 344 g/mol. The van der Waals surface area contributed by atoms with Gasteiger partial charge in [-0.2, -0.15) is 0 Å². The van der Waals surface area contributed by atoms with Crippen molar-refractivity contribution in [2.75, 3.05) is 11.9 Å². The van der Waals surface area contributed by atoms with Crippen LogP contribution in [0.15, 0.2) is 23.1 Å². The standard InChI is InChI=1S/C18H24N4O3/c1-10(2)7-14(18(24)25)9-20-15-6-5-13(8-19-15)16-21-12(4)11(3)17(23)22-16/h5-6,8,10,14H,7,9H2,1-4H3,(H,19,20)(H,24,25)(H,21,22,23). The molecule has 0 aliphatic rings. The first-order valence-electron chi connectivity index (χ1n) is 8.28. The van der Waals surface area contributed by atoms with Gasteiger partial charge in [-0.3, -0.25) is 9.59 Å². The van der Waals surface area contributed by atoms with Crippen LogP contribution in [-0.2, 0) is 4.79 Å². The van der Waals surface area contributed by atoms with Gasteiger partial charge in [0, 0.05) is 29.6 Å². The first kappa shape index (κ1) is 18.6. The Morgan fingerprint density at radius 2 is 2.04 bits per heavy atom. The summed E-state index contributed by atoms with van der Waals surface area (Å²) in [5.74, 6) is 0.0974. The van der Waals surface area contributed by atoms with Gasteiger partial charge in [0.05, 0.1) is 5.92 Å². The highest BCUT2D eigenvalue weighted by molar-refractivity contribution is 5.70. The number of anilines is 1. The molecule has 0 aliphatic carbocycles. The molecular weight excluding hydrogens is 320 g/mol. The maximum Gasteiger partial charge on any atom is 0.308 e. The first-order valence-corrected chi connectivity index (χ1v) is 8.28. The van der Waals surface area contributed by atoms with Crippen molar-refractivity contribution in [1.29, 1.82) is 0 Å². The molecule has 25 heavy (non-hydrogen) atoms.